The number of anilines is 1. The van der Waals surface area contributed by atoms with Gasteiger partial charge in [0.15, 0.2) is 6.54 Å². The van der Waals surface area contributed by atoms with Crippen LogP contribution in [0, 0.1) is 12.8 Å². The Morgan fingerprint density at radius 3 is 2.43 bits per heavy atom. The highest BCUT2D eigenvalue weighted by Crippen LogP contribution is 2.08. The van der Waals surface area contributed by atoms with Crippen LogP contribution in [0.25, 0.3) is 0 Å². The quantitative estimate of drug-likeness (QED) is 0.840. The predicted molar refractivity (Wildman–Crippen MR) is 91.4 cm³/mol. The zero-order valence-corrected chi connectivity index (χ0v) is 14.4. The van der Waals surface area contributed by atoms with Gasteiger partial charge >= 0.3 is 0 Å². The summed E-state index contributed by atoms with van der Waals surface area (Å²) in [4.78, 5) is 27.1. The van der Waals surface area contributed by atoms with Crippen molar-refractivity contribution in [2.24, 2.45) is 5.92 Å². The van der Waals surface area contributed by atoms with Gasteiger partial charge in [0, 0.05) is 12.7 Å². The number of likely N-dealkylation sites (tertiary alicyclic amines) is 1. The number of nitrogens with one attached hydrogen (secondary N) is 2. The zero-order valence-electron chi connectivity index (χ0n) is 14.4. The highest BCUT2D eigenvalue weighted by Gasteiger charge is 2.23. The lowest BCUT2D eigenvalue weighted by Crippen LogP contribution is -3.14. The summed E-state index contributed by atoms with van der Waals surface area (Å²) in [5.41, 5.74) is 1.91. The monoisotopic (exact) mass is 318 g/mol. The summed E-state index contributed by atoms with van der Waals surface area (Å²) in [6, 6.07) is 7.64. The van der Waals surface area contributed by atoms with E-state index in [0.29, 0.717) is 6.54 Å². The van der Waals surface area contributed by atoms with Gasteiger partial charge in [0.05, 0.1) is 19.6 Å². The maximum Gasteiger partial charge on any atom is 0.277 e. The van der Waals surface area contributed by atoms with Gasteiger partial charge in [-0.2, -0.15) is 0 Å². The first-order valence-corrected chi connectivity index (χ1v) is 8.38. The molecule has 0 radical (unpaired) electrons. The van der Waals surface area contributed by atoms with E-state index in [2.05, 4.69) is 12.2 Å². The minimum atomic E-state index is -0.160. The Morgan fingerprint density at radius 1 is 1.22 bits per heavy atom. The molecule has 0 unspecified atom stereocenters. The van der Waals surface area contributed by atoms with Gasteiger partial charge in [-0.15, -0.1) is 0 Å². The molecule has 0 spiro atoms. The molecule has 23 heavy (non-hydrogen) atoms. The molecule has 2 amide bonds. The molecule has 1 saturated heterocycles. The van der Waals surface area contributed by atoms with Crippen LogP contribution in [-0.2, 0) is 9.59 Å². The van der Waals surface area contributed by atoms with Crippen LogP contribution in [0.5, 0.6) is 0 Å². The van der Waals surface area contributed by atoms with E-state index in [1.54, 1.807) is 7.05 Å². The molecule has 5 heteroatoms. The molecule has 2 rings (SSSR count). The normalized spacial score (nSPS) is 20.8. The Labute approximate surface area is 138 Å². The smallest absolute Gasteiger partial charge is 0.277 e. The fraction of sp³-hybridized carbons (Fsp3) is 0.556. The number of hydrogen-bond acceptors (Lipinski definition) is 2. The number of piperidine rings is 1. The maximum atomic E-state index is 12.3. The molecule has 0 saturated carbocycles. The second kappa shape index (κ2) is 8.11. The number of likely N-dealkylation sites (N-methyl/N-ethyl adjacent to an activating group) is 1. The summed E-state index contributed by atoms with van der Waals surface area (Å²) < 4.78 is 0. The van der Waals surface area contributed by atoms with Crippen LogP contribution in [0.2, 0.25) is 0 Å². The van der Waals surface area contributed by atoms with Gasteiger partial charge in [0.2, 0.25) is 5.91 Å². The fourth-order valence-electron chi connectivity index (χ4n) is 2.84. The molecule has 126 valence electrons. The van der Waals surface area contributed by atoms with Crippen molar-refractivity contribution in [2.75, 3.05) is 38.5 Å². The molecule has 1 aromatic carbocycles. The van der Waals surface area contributed by atoms with E-state index in [-0.39, 0.29) is 18.4 Å². The molecule has 1 heterocycles. The van der Waals surface area contributed by atoms with E-state index < -0.39 is 0 Å². The largest absolute Gasteiger partial charge is 0.332 e. The van der Waals surface area contributed by atoms with Crippen LogP contribution in [0.3, 0.4) is 0 Å². The van der Waals surface area contributed by atoms with Crippen molar-refractivity contribution in [1.82, 2.24) is 4.90 Å². The molecule has 0 atom stereocenters. The molecule has 1 aliphatic rings. The second-order valence-corrected chi connectivity index (χ2v) is 6.77. The van der Waals surface area contributed by atoms with Gasteiger partial charge in [0.25, 0.3) is 5.91 Å². The molecular formula is C18H28N3O2+. The number of carbonyl (C=O) groups is 2. The standard InChI is InChI=1S/C18H27N3O2/c1-14-4-6-16(7-5-14)19-17(22)12-20(3)18(23)13-21-10-8-15(2)9-11-21/h4-7,15H,8-13H2,1-3H3,(H,19,22)/p+1. The second-order valence-electron chi connectivity index (χ2n) is 6.77. The topological polar surface area (TPSA) is 53.9 Å². The molecule has 1 aromatic rings. The van der Waals surface area contributed by atoms with E-state index >= 15 is 0 Å². The average Bonchev–Trinajstić information content (AvgIpc) is 2.51. The van der Waals surface area contributed by atoms with Gasteiger partial charge in [-0.3, -0.25) is 9.59 Å². The van der Waals surface area contributed by atoms with Crippen molar-refractivity contribution >= 4 is 17.5 Å². The van der Waals surface area contributed by atoms with Crippen molar-refractivity contribution in [3.63, 3.8) is 0 Å². The third-order valence-corrected chi connectivity index (χ3v) is 4.52. The summed E-state index contributed by atoms with van der Waals surface area (Å²) in [5, 5.41) is 2.82. The molecule has 0 bridgehead atoms. The maximum absolute atomic E-state index is 12.3. The average molecular weight is 318 g/mol. The number of quaternary nitrogens is 1. The molecular weight excluding hydrogens is 290 g/mol. The van der Waals surface area contributed by atoms with E-state index in [1.165, 1.54) is 22.6 Å². The van der Waals surface area contributed by atoms with Crippen molar-refractivity contribution in [3.05, 3.63) is 29.8 Å². The minimum absolute atomic E-state index is 0.0357. The van der Waals surface area contributed by atoms with Crippen LogP contribution in [0.4, 0.5) is 5.69 Å². The third-order valence-electron chi connectivity index (χ3n) is 4.52. The van der Waals surface area contributed by atoms with Gasteiger partial charge < -0.3 is 15.1 Å². The summed E-state index contributed by atoms with van der Waals surface area (Å²) >= 11 is 0. The lowest BCUT2D eigenvalue weighted by Gasteiger charge is -2.28. The van der Waals surface area contributed by atoms with Gasteiger partial charge in [-0.05, 0) is 37.8 Å². The first-order chi connectivity index (χ1) is 10.9. The number of hydrogen-bond donors (Lipinski definition) is 2. The lowest BCUT2D eigenvalue weighted by atomic mass is 9.99. The SMILES string of the molecule is Cc1ccc(NC(=O)CN(C)C(=O)C[NH+]2CCC(C)CC2)cc1. The first kappa shape index (κ1) is 17.5. The first-order valence-electron chi connectivity index (χ1n) is 8.38. The number of aryl methyl sites for hydroxylation is 1. The summed E-state index contributed by atoms with van der Waals surface area (Å²) in [7, 11) is 1.70. The molecule has 1 aliphatic heterocycles. The number of nitrogens with zero attached hydrogens (tertiary/aromatic N) is 1. The van der Waals surface area contributed by atoms with Crippen LogP contribution in [0.1, 0.15) is 25.3 Å². The summed E-state index contributed by atoms with van der Waals surface area (Å²) in [5.74, 6) is 0.646. The number of carbonyl (C=O) groups excluding carboxylic acids is 2. The van der Waals surface area contributed by atoms with Crippen LogP contribution >= 0.6 is 0 Å². The highest BCUT2D eigenvalue weighted by molar-refractivity contribution is 5.94. The number of rotatable bonds is 5. The Bertz CT molecular complexity index is 534. The molecule has 0 aliphatic carbocycles. The molecule has 5 nitrogen and oxygen atoms in total. The predicted octanol–water partition coefficient (Wildman–Crippen LogP) is 0.707. The van der Waals surface area contributed by atoms with E-state index in [4.69, 9.17) is 0 Å². The highest BCUT2D eigenvalue weighted by atomic mass is 16.2. The van der Waals surface area contributed by atoms with E-state index in [0.717, 1.165) is 30.3 Å². The zero-order chi connectivity index (χ0) is 16.8. The number of benzene rings is 1. The molecule has 2 N–H and O–H groups in total. The van der Waals surface area contributed by atoms with Gasteiger partial charge in [-0.25, -0.2) is 0 Å². The number of amides is 2. The fourth-order valence-corrected chi connectivity index (χ4v) is 2.84. The summed E-state index contributed by atoms with van der Waals surface area (Å²) in [6.07, 6.45) is 2.36. The Balaban J connectivity index is 1.76. The Kier molecular flexibility index (Phi) is 6.16. The Morgan fingerprint density at radius 2 is 1.83 bits per heavy atom. The van der Waals surface area contributed by atoms with E-state index in [1.807, 2.05) is 31.2 Å². The van der Waals surface area contributed by atoms with Crippen molar-refractivity contribution in [1.29, 1.82) is 0 Å². The van der Waals surface area contributed by atoms with Crippen molar-refractivity contribution in [3.8, 4) is 0 Å². The van der Waals surface area contributed by atoms with E-state index in [9.17, 15) is 9.59 Å². The summed E-state index contributed by atoms with van der Waals surface area (Å²) in [6.45, 7) is 6.95. The minimum Gasteiger partial charge on any atom is -0.332 e. The van der Waals surface area contributed by atoms with Crippen molar-refractivity contribution in [2.45, 2.75) is 26.7 Å². The lowest BCUT2D eigenvalue weighted by molar-refractivity contribution is -0.898. The van der Waals surface area contributed by atoms with Crippen LogP contribution in [-0.4, -0.2) is 49.9 Å². The third kappa shape index (κ3) is 5.67. The van der Waals surface area contributed by atoms with Crippen LogP contribution in [0.15, 0.2) is 24.3 Å². The Hall–Kier alpha value is -1.88. The molecule has 0 aromatic heterocycles. The van der Waals surface area contributed by atoms with Gasteiger partial charge in [-0.1, -0.05) is 24.6 Å². The van der Waals surface area contributed by atoms with Gasteiger partial charge in [0.1, 0.15) is 0 Å². The van der Waals surface area contributed by atoms with Crippen LogP contribution < -0.4 is 10.2 Å². The van der Waals surface area contributed by atoms with Crippen molar-refractivity contribution < 1.29 is 14.5 Å². The molecule has 1 fully saturated rings.